The van der Waals surface area contributed by atoms with Gasteiger partial charge in [-0.25, -0.2) is 4.90 Å². The molecule has 1 saturated carbocycles. The monoisotopic (exact) mass is 364 g/mol. The SMILES string of the molecule is COc1ccc2c(c1)C(=O)N(c1c(C)ccc(C(N)=O)c1C1CC1)C(=O)C2. The molecule has 0 spiro atoms. The Morgan fingerprint density at radius 2 is 1.93 bits per heavy atom. The molecule has 3 amide bonds. The summed E-state index contributed by atoms with van der Waals surface area (Å²) < 4.78 is 5.23. The van der Waals surface area contributed by atoms with Crippen molar-refractivity contribution < 1.29 is 19.1 Å². The quantitative estimate of drug-likeness (QED) is 0.845. The Morgan fingerprint density at radius 3 is 2.56 bits per heavy atom. The van der Waals surface area contributed by atoms with Crippen LogP contribution in [-0.2, 0) is 11.2 Å². The van der Waals surface area contributed by atoms with E-state index in [1.165, 1.54) is 12.0 Å². The lowest BCUT2D eigenvalue weighted by atomic mass is 9.92. The standard InChI is InChI=1S/C21H20N2O4/c1-11-3-8-15(20(22)25)18(12-4-5-12)19(11)23-17(24)9-13-6-7-14(27-2)10-16(13)21(23)26/h3,6-8,10,12H,4-5,9H2,1-2H3,(H2,22,25). The molecule has 0 atom stereocenters. The van der Waals surface area contributed by atoms with E-state index in [9.17, 15) is 14.4 Å². The summed E-state index contributed by atoms with van der Waals surface area (Å²) >= 11 is 0. The number of amides is 3. The number of ether oxygens (including phenoxy) is 1. The number of aryl methyl sites for hydroxylation is 1. The van der Waals surface area contributed by atoms with Crippen LogP contribution in [0.5, 0.6) is 5.75 Å². The average molecular weight is 364 g/mol. The second-order valence-electron chi connectivity index (χ2n) is 7.06. The van der Waals surface area contributed by atoms with Crippen LogP contribution in [0.15, 0.2) is 30.3 Å². The number of hydrogen-bond donors (Lipinski definition) is 1. The number of nitrogens with two attached hydrogens (primary N) is 1. The molecule has 0 aromatic heterocycles. The minimum Gasteiger partial charge on any atom is -0.497 e. The summed E-state index contributed by atoms with van der Waals surface area (Å²) in [4.78, 5) is 39.3. The maximum atomic E-state index is 13.3. The van der Waals surface area contributed by atoms with Gasteiger partial charge in [0.1, 0.15) is 5.75 Å². The van der Waals surface area contributed by atoms with E-state index in [0.717, 1.165) is 24.0 Å². The molecule has 1 fully saturated rings. The van der Waals surface area contributed by atoms with Crippen molar-refractivity contribution in [3.8, 4) is 5.75 Å². The number of methoxy groups -OCH3 is 1. The van der Waals surface area contributed by atoms with Gasteiger partial charge < -0.3 is 10.5 Å². The van der Waals surface area contributed by atoms with Crippen LogP contribution in [0.4, 0.5) is 5.69 Å². The van der Waals surface area contributed by atoms with Crippen molar-refractivity contribution in [2.75, 3.05) is 12.0 Å². The number of carbonyl (C=O) groups excluding carboxylic acids is 3. The van der Waals surface area contributed by atoms with E-state index in [0.29, 0.717) is 28.1 Å². The molecule has 138 valence electrons. The first-order valence-corrected chi connectivity index (χ1v) is 8.90. The fourth-order valence-corrected chi connectivity index (χ4v) is 3.75. The lowest BCUT2D eigenvalue weighted by Crippen LogP contribution is -2.43. The third kappa shape index (κ3) is 2.77. The van der Waals surface area contributed by atoms with Gasteiger partial charge in [0, 0.05) is 11.1 Å². The van der Waals surface area contributed by atoms with E-state index in [1.807, 2.05) is 6.92 Å². The van der Waals surface area contributed by atoms with Crippen LogP contribution in [0.1, 0.15) is 56.2 Å². The fourth-order valence-electron chi connectivity index (χ4n) is 3.75. The summed E-state index contributed by atoms with van der Waals surface area (Å²) in [6, 6.07) is 8.56. The molecule has 2 N–H and O–H groups in total. The Bertz CT molecular complexity index is 992. The molecule has 2 aromatic carbocycles. The first-order chi connectivity index (χ1) is 12.9. The van der Waals surface area contributed by atoms with Crippen molar-refractivity contribution in [1.82, 2.24) is 0 Å². The molecule has 6 nitrogen and oxygen atoms in total. The molecule has 4 rings (SSSR count). The number of anilines is 1. The third-order valence-corrected chi connectivity index (χ3v) is 5.24. The Labute approximate surface area is 156 Å². The molecule has 0 bridgehead atoms. The first kappa shape index (κ1) is 17.3. The number of imide groups is 1. The minimum atomic E-state index is -0.544. The van der Waals surface area contributed by atoms with E-state index < -0.39 is 11.8 Å². The lowest BCUT2D eigenvalue weighted by molar-refractivity contribution is -0.117. The average Bonchev–Trinajstić information content (AvgIpc) is 3.47. The number of nitrogens with zero attached hydrogens (tertiary/aromatic N) is 1. The topological polar surface area (TPSA) is 89.7 Å². The molecule has 2 aromatic rings. The van der Waals surface area contributed by atoms with Crippen LogP contribution in [0, 0.1) is 6.92 Å². The van der Waals surface area contributed by atoms with Gasteiger partial charge in [-0.2, -0.15) is 0 Å². The van der Waals surface area contributed by atoms with E-state index in [1.54, 1.807) is 30.3 Å². The summed E-state index contributed by atoms with van der Waals surface area (Å²) in [6.45, 7) is 1.84. The molecule has 1 aliphatic heterocycles. The second kappa shape index (κ2) is 6.23. The smallest absolute Gasteiger partial charge is 0.265 e. The summed E-state index contributed by atoms with van der Waals surface area (Å²) in [5, 5.41) is 0. The molecular formula is C21H20N2O4. The van der Waals surface area contributed by atoms with Crippen molar-refractivity contribution >= 4 is 23.4 Å². The van der Waals surface area contributed by atoms with Crippen molar-refractivity contribution in [3.05, 3.63) is 58.1 Å². The molecule has 0 unspecified atom stereocenters. The molecule has 0 saturated heterocycles. The molecular weight excluding hydrogens is 344 g/mol. The van der Waals surface area contributed by atoms with Crippen LogP contribution < -0.4 is 15.4 Å². The minimum absolute atomic E-state index is 0.120. The van der Waals surface area contributed by atoms with Crippen molar-refractivity contribution in [3.63, 3.8) is 0 Å². The zero-order valence-corrected chi connectivity index (χ0v) is 15.2. The van der Waals surface area contributed by atoms with Gasteiger partial charge in [0.05, 0.1) is 19.2 Å². The van der Waals surface area contributed by atoms with E-state index in [-0.39, 0.29) is 18.2 Å². The van der Waals surface area contributed by atoms with Crippen LogP contribution in [0.25, 0.3) is 0 Å². The highest BCUT2D eigenvalue weighted by Gasteiger charge is 2.39. The summed E-state index contributed by atoms with van der Waals surface area (Å²) in [7, 11) is 1.53. The highest BCUT2D eigenvalue weighted by Crippen LogP contribution is 2.48. The van der Waals surface area contributed by atoms with Gasteiger partial charge >= 0.3 is 0 Å². The maximum absolute atomic E-state index is 13.3. The Kier molecular flexibility index (Phi) is 3.98. The number of fused-ring (bicyclic) bond motifs is 1. The van der Waals surface area contributed by atoms with Gasteiger partial charge in [0.2, 0.25) is 11.8 Å². The van der Waals surface area contributed by atoms with Crippen LogP contribution in [-0.4, -0.2) is 24.8 Å². The Morgan fingerprint density at radius 1 is 1.19 bits per heavy atom. The molecule has 1 heterocycles. The number of primary amides is 1. The second-order valence-corrected chi connectivity index (χ2v) is 7.06. The Balaban J connectivity index is 1.91. The molecule has 2 aliphatic rings. The molecule has 6 heteroatoms. The van der Waals surface area contributed by atoms with Gasteiger partial charge in [-0.05, 0) is 60.6 Å². The van der Waals surface area contributed by atoms with Gasteiger partial charge in [0.15, 0.2) is 0 Å². The molecule has 0 radical (unpaired) electrons. The largest absolute Gasteiger partial charge is 0.497 e. The summed E-state index contributed by atoms with van der Waals surface area (Å²) in [6.07, 6.45) is 1.95. The van der Waals surface area contributed by atoms with Crippen molar-refractivity contribution in [2.45, 2.75) is 32.1 Å². The van der Waals surface area contributed by atoms with Crippen LogP contribution in [0.3, 0.4) is 0 Å². The van der Waals surface area contributed by atoms with Crippen molar-refractivity contribution in [1.29, 1.82) is 0 Å². The third-order valence-electron chi connectivity index (χ3n) is 5.24. The zero-order chi connectivity index (χ0) is 19.3. The predicted octanol–water partition coefficient (Wildman–Crippen LogP) is 2.71. The van der Waals surface area contributed by atoms with E-state index >= 15 is 0 Å². The number of hydrogen-bond acceptors (Lipinski definition) is 4. The zero-order valence-electron chi connectivity index (χ0n) is 15.2. The van der Waals surface area contributed by atoms with Crippen molar-refractivity contribution in [2.24, 2.45) is 5.73 Å². The van der Waals surface area contributed by atoms with Gasteiger partial charge in [-0.3, -0.25) is 14.4 Å². The van der Waals surface area contributed by atoms with Crippen LogP contribution in [0.2, 0.25) is 0 Å². The normalized spacial score (nSPS) is 16.3. The van der Waals surface area contributed by atoms with Crippen LogP contribution >= 0.6 is 0 Å². The van der Waals surface area contributed by atoms with Gasteiger partial charge in [0.25, 0.3) is 5.91 Å². The predicted molar refractivity (Wildman–Crippen MR) is 100 cm³/mol. The van der Waals surface area contributed by atoms with E-state index in [4.69, 9.17) is 10.5 Å². The maximum Gasteiger partial charge on any atom is 0.265 e. The highest BCUT2D eigenvalue weighted by molar-refractivity contribution is 6.25. The lowest BCUT2D eigenvalue weighted by Gasteiger charge is -2.30. The molecule has 27 heavy (non-hydrogen) atoms. The fraction of sp³-hybridized carbons (Fsp3) is 0.286. The summed E-state index contributed by atoms with van der Waals surface area (Å²) in [5.74, 6) is -0.538. The highest BCUT2D eigenvalue weighted by atomic mass is 16.5. The number of benzene rings is 2. The Hall–Kier alpha value is -3.15. The summed E-state index contributed by atoms with van der Waals surface area (Å²) in [5.41, 5.74) is 9.08. The van der Waals surface area contributed by atoms with Gasteiger partial charge in [-0.15, -0.1) is 0 Å². The number of rotatable bonds is 4. The van der Waals surface area contributed by atoms with E-state index in [2.05, 4.69) is 0 Å². The molecule has 1 aliphatic carbocycles. The van der Waals surface area contributed by atoms with Gasteiger partial charge in [-0.1, -0.05) is 12.1 Å². The number of carbonyl (C=O) groups is 3. The first-order valence-electron chi connectivity index (χ1n) is 8.90.